The Balaban J connectivity index is 3.00. The van der Waals surface area contributed by atoms with Crippen LogP contribution in [0.5, 0.6) is 5.75 Å². The van der Waals surface area contributed by atoms with E-state index in [1.165, 1.54) is 0 Å². The summed E-state index contributed by atoms with van der Waals surface area (Å²) in [4.78, 5) is 0. The molecule has 0 saturated heterocycles. The number of aliphatic hydroxyl groups excluding tert-OH is 1. The van der Waals surface area contributed by atoms with Gasteiger partial charge in [0, 0.05) is 10.0 Å². The first-order valence-corrected chi connectivity index (χ1v) is 5.60. The number of halogens is 1. The fourth-order valence-electron chi connectivity index (χ4n) is 1.20. The van der Waals surface area contributed by atoms with E-state index < -0.39 is 6.10 Å². The average molecular weight is 271 g/mol. The number of benzene rings is 1. The second kappa shape index (κ2) is 5.33. The molecule has 15 heavy (non-hydrogen) atoms. The van der Waals surface area contributed by atoms with Crippen molar-refractivity contribution in [2.24, 2.45) is 0 Å². The normalized spacial score (nSPS) is 14.4. The number of hydrogen-bond donors (Lipinski definition) is 1. The molecule has 1 unspecified atom stereocenters. The molecule has 1 aromatic rings. The molecule has 3 heteroatoms. The summed E-state index contributed by atoms with van der Waals surface area (Å²) >= 11 is 3.36. The molecule has 0 aromatic heterocycles. The zero-order valence-electron chi connectivity index (χ0n) is 8.90. The first-order valence-electron chi connectivity index (χ1n) is 4.81. The van der Waals surface area contributed by atoms with Gasteiger partial charge in [0.2, 0.25) is 0 Å². The van der Waals surface area contributed by atoms with E-state index in [0.717, 1.165) is 10.0 Å². The third kappa shape index (κ3) is 3.36. The van der Waals surface area contributed by atoms with Gasteiger partial charge in [0.25, 0.3) is 0 Å². The highest BCUT2D eigenvalue weighted by Gasteiger charge is 2.11. The van der Waals surface area contributed by atoms with E-state index in [1.807, 2.05) is 25.1 Å². The fraction of sp³-hybridized carbons (Fsp3) is 0.333. The maximum absolute atomic E-state index is 9.59. The van der Waals surface area contributed by atoms with Crippen LogP contribution in [0.25, 0.3) is 0 Å². The van der Waals surface area contributed by atoms with E-state index in [9.17, 15) is 5.11 Å². The van der Waals surface area contributed by atoms with Gasteiger partial charge in [-0.1, -0.05) is 28.6 Å². The summed E-state index contributed by atoms with van der Waals surface area (Å²) in [5.41, 5.74) is 0.776. The molecule has 0 heterocycles. The molecule has 0 saturated carbocycles. The molecule has 2 nitrogen and oxygen atoms in total. The largest absolute Gasteiger partial charge is 0.486 e. The lowest BCUT2D eigenvalue weighted by Gasteiger charge is -2.16. The van der Waals surface area contributed by atoms with Crippen LogP contribution in [0.1, 0.15) is 25.5 Å². The lowest BCUT2D eigenvalue weighted by atomic mass is 10.1. The third-order valence-electron chi connectivity index (χ3n) is 2.07. The quantitative estimate of drug-likeness (QED) is 0.850. The van der Waals surface area contributed by atoms with E-state index in [2.05, 4.69) is 22.5 Å². The topological polar surface area (TPSA) is 29.5 Å². The molecule has 0 bridgehead atoms. The molecule has 0 fully saturated rings. The van der Waals surface area contributed by atoms with Crippen molar-refractivity contribution >= 4 is 15.9 Å². The minimum Gasteiger partial charge on any atom is -0.486 e. The van der Waals surface area contributed by atoms with Gasteiger partial charge in [-0.3, -0.25) is 0 Å². The highest BCUT2D eigenvalue weighted by molar-refractivity contribution is 9.10. The third-order valence-corrected chi connectivity index (χ3v) is 2.56. The Hall–Kier alpha value is -0.800. The van der Waals surface area contributed by atoms with Gasteiger partial charge < -0.3 is 9.84 Å². The van der Waals surface area contributed by atoms with E-state index in [-0.39, 0.29) is 6.10 Å². The van der Waals surface area contributed by atoms with Gasteiger partial charge in [0.15, 0.2) is 0 Å². The smallest absolute Gasteiger partial charge is 0.126 e. The van der Waals surface area contributed by atoms with Crippen LogP contribution < -0.4 is 4.74 Å². The average Bonchev–Trinajstić information content (AvgIpc) is 2.20. The highest BCUT2D eigenvalue weighted by atomic mass is 79.9. The summed E-state index contributed by atoms with van der Waals surface area (Å²) < 4.78 is 6.54. The molecular formula is C12H15BrO2. The van der Waals surface area contributed by atoms with Crippen LogP contribution in [0.15, 0.2) is 35.3 Å². The molecule has 2 atom stereocenters. The van der Waals surface area contributed by atoms with Crippen LogP contribution in [0.4, 0.5) is 0 Å². The molecule has 0 amide bonds. The van der Waals surface area contributed by atoms with Crippen molar-refractivity contribution in [3.8, 4) is 5.75 Å². The van der Waals surface area contributed by atoms with E-state index in [4.69, 9.17) is 4.74 Å². The summed E-state index contributed by atoms with van der Waals surface area (Å²) in [6.45, 7) is 7.27. The minimum atomic E-state index is -0.547. The highest BCUT2D eigenvalue weighted by Crippen LogP contribution is 2.29. The fourth-order valence-corrected chi connectivity index (χ4v) is 1.58. The van der Waals surface area contributed by atoms with Gasteiger partial charge in [-0.15, -0.1) is 0 Å². The number of aliphatic hydroxyl groups is 1. The van der Waals surface area contributed by atoms with Crippen molar-refractivity contribution in [1.29, 1.82) is 0 Å². The van der Waals surface area contributed by atoms with Crippen molar-refractivity contribution in [3.63, 3.8) is 0 Å². The lowest BCUT2D eigenvalue weighted by Crippen LogP contribution is -2.09. The van der Waals surface area contributed by atoms with E-state index >= 15 is 0 Å². The Morgan fingerprint density at radius 3 is 2.67 bits per heavy atom. The Kier molecular flexibility index (Phi) is 4.36. The summed E-state index contributed by atoms with van der Waals surface area (Å²) in [5, 5.41) is 9.59. The number of hydrogen-bond acceptors (Lipinski definition) is 2. The summed E-state index contributed by atoms with van der Waals surface area (Å²) in [6.07, 6.45) is 1.10. The second-order valence-corrected chi connectivity index (χ2v) is 4.33. The van der Waals surface area contributed by atoms with Crippen molar-refractivity contribution in [1.82, 2.24) is 0 Å². The Morgan fingerprint density at radius 1 is 1.47 bits per heavy atom. The van der Waals surface area contributed by atoms with E-state index in [0.29, 0.717) is 5.75 Å². The number of rotatable bonds is 4. The van der Waals surface area contributed by atoms with Crippen molar-refractivity contribution in [2.75, 3.05) is 0 Å². The lowest BCUT2D eigenvalue weighted by molar-refractivity contribution is 0.187. The van der Waals surface area contributed by atoms with Crippen LogP contribution in [0.2, 0.25) is 0 Å². The van der Waals surface area contributed by atoms with Gasteiger partial charge in [0.1, 0.15) is 11.9 Å². The summed E-state index contributed by atoms with van der Waals surface area (Å²) in [6, 6.07) is 5.58. The predicted molar refractivity (Wildman–Crippen MR) is 65.1 cm³/mol. The zero-order chi connectivity index (χ0) is 11.4. The Bertz CT molecular complexity index is 347. The van der Waals surface area contributed by atoms with Crippen LogP contribution in [0.3, 0.4) is 0 Å². The number of ether oxygens (including phenoxy) is 1. The zero-order valence-corrected chi connectivity index (χ0v) is 10.5. The predicted octanol–water partition coefficient (Wildman–Crippen LogP) is 3.46. The first-order chi connectivity index (χ1) is 7.04. The molecule has 1 aromatic carbocycles. The van der Waals surface area contributed by atoms with Crippen LogP contribution >= 0.6 is 15.9 Å². The van der Waals surface area contributed by atoms with Gasteiger partial charge in [-0.05, 0) is 32.0 Å². The van der Waals surface area contributed by atoms with Crippen molar-refractivity contribution in [2.45, 2.75) is 26.1 Å². The van der Waals surface area contributed by atoms with E-state index in [1.54, 1.807) is 13.0 Å². The van der Waals surface area contributed by atoms with Crippen LogP contribution in [-0.2, 0) is 0 Å². The minimum absolute atomic E-state index is 0.0660. The van der Waals surface area contributed by atoms with Crippen molar-refractivity contribution < 1.29 is 9.84 Å². The Labute approximate surface area is 98.7 Å². The molecule has 0 radical (unpaired) electrons. The molecular weight excluding hydrogens is 256 g/mol. The first kappa shape index (κ1) is 12.3. The standard InChI is InChI=1S/C12H15BrO2/c1-4-8(2)15-12-6-5-10(13)7-11(12)9(3)14/h4-9,14H,1H2,2-3H3/t8?,9-/m0/s1. The second-order valence-electron chi connectivity index (χ2n) is 3.42. The molecule has 0 aliphatic rings. The molecule has 1 N–H and O–H groups in total. The van der Waals surface area contributed by atoms with Gasteiger partial charge in [0.05, 0.1) is 6.10 Å². The SMILES string of the molecule is C=CC(C)Oc1ccc(Br)cc1[C@H](C)O. The van der Waals surface area contributed by atoms with Crippen LogP contribution in [0, 0.1) is 0 Å². The molecule has 0 aliphatic carbocycles. The van der Waals surface area contributed by atoms with Crippen LogP contribution in [-0.4, -0.2) is 11.2 Å². The van der Waals surface area contributed by atoms with Crippen molar-refractivity contribution in [3.05, 3.63) is 40.9 Å². The monoisotopic (exact) mass is 270 g/mol. The van der Waals surface area contributed by atoms with Gasteiger partial charge in [-0.2, -0.15) is 0 Å². The molecule has 0 spiro atoms. The Morgan fingerprint density at radius 2 is 2.13 bits per heavy atom. The maximum Gasteiger partial charge on any atom is 0.126 e. The van der Waals surface area contributed by atoms with Gasteiger partial charge >= 0.3 is 0 Å². The van der Waals surface area contributed by atoms with Gasteiger partial charge in [-0.25, -0.2) is 0 Å². The summed E-state index contributed by atoms with van der Waals surface area (Å²) in [7, 11) is 0. The summed E-state index contributed by atoms with van der Waals surface area (Å²) in [5.74, 6) is 0.695. The molecule has 1 rings (SSSR count). The molecule has 82 valence electrons. The molecule has 0 aliphatic heterocycles. The maximum atomic E-state index is 9.59.